The lowest BCUT2D eigenvalue weighted by Gasteiger charge is -2.06. The Morgan fingerprint density at radius 1 is 0.789 bits per heavy atom. The van der Waals surface area contributed by atoms with Crippen molar-refractivity contribution in [3.05, 3.63) is 59.4 Å². The normalized spacial score (nSPS) is 11.4. The van der Waals surface area contributed by atoms with Gasteiger partial charge in [-0.15, -0.1) is 0 Å². The molecule has 0 atom stereocenters. The van der Waals surface area contributed by atoms with Crippen LogP contribution in [0.4, 0.5) is 13.2 Å². The van der Waals surface area contributed by atoms with Crippen molar-refractivity contribution in [3.8, 4) is 0 Å². The average Bonchev–Trinajstić information content (AvgIpc) is 2.43. The Balaban J connectivity index is 2.41. The molecule has 0 spiro atoms. The minimum absolute atomic E-state index is 0.107. The van der Waals surface area contributed by atoms with Crippen LogP contribution in [0.15, 0.2) is 36.4 Å². The Morgan fingerprint density at radius 3 is 2.32 bits per heavy atom. The highest BCUT2D eigenvalue weighted by Gasteiger charge is 2.13. The van der Waals surface area contributed by atoms with Gasteiger partial charge in [-0.25, -0.2) is 13.2 Å². The van der Waals surface area contributed by atoms with E-state index in [9.17, 15) is 13.2 Å². The number of hydrogen-bond acceptors (Lipinski definition) is 0. The molecule has 0 unspecified atom stereocenters. The molecule has 19 heavy (non-hydrogen) atoms. The zero-order chi connectivity index (χ0) is 13.6. The largest absolute Gasteiger partial charge is 0.204 e. The maximum Gasteiger partial charge on any atom is 0.195 e. The van der Waals surface area contributed by atoms with Crippen molar-refractivity contribution in [1.82, 2.24) is 0 Å². The summed E-state index contributed by atoms with van der Waals surface area (Å²) in [5.74, 6) is -3.70. The molecule has 0 aliphatic carbocycles. The molecular weight excluding hydrogens is 249 g/mol. The van der Waals surface area contributed by atoms with Gasteiger partial charge in [0.15, 0.2) is 17.5 Å². The van der Waals surface area contributed by atoms with Gasteiger partial charge in [-0.2, -0.15) is 0 Å². The standard InChI is InChI=1S/C16H11F3/c1-2-9-3-4-10-7-13-12(6-11(10)5-9)8-14(17)16(19)15(13)18/h3-8H,2H2,1H3. The SMILES string of the molecule is CCc1ccc2cc3c(F)c(F)c(F)cc3cc2c1. The first kappa shape index (κ1) is 12.0. The molecule has 0 heterocycles. The quantitative estimate of drug-likeness (QED) is 0.428. The summed E-state index contributed by atoms with van der Waals surface area (Å²) >= 11 is 0. The highest BCUT2D eigenvalue weighted by atomic mass is 19.2. The second kappa shape index (κ2) is 4.26. The van der Waals surface area contributed by atoms with E-state index >= 15 is 0 Å². The number of hydrogen-bond donors (Lipinski definition) is 0. The predicted molar refractivity (Wildman–Crippen MR) is 70.7 cm³/mol. The van der Waals surface area contributed by atoms with E-state index < -0.39 is 17.5 Å². The number of halogens is 3. The molecule has 0 bridgehead atoms. The van der Waals surface area contributed by atoms with E-state index in [2.05, 4.69) is 0 Å². The van der Waals surface area contributed by atoms with Crippen LogP contribution < -0.4 is 0 Å². The Labute approximate surface area is 108 Å². The summed E-state index contributed by atoms with van der Waals surface area (Å²) < 4.78 is 40.2. The molecule has 3 aromatic carbocycles. The maximum atomic E-state index is 13.7. The Kier molecular flexibility index (Phi) is 2.70. The lowest BCUT2D eigenvalue weighted by Crippen LogP contribution is -1.92. The molecule has 0 nitrogen and oxygen atoms in total. The fraction of sp³-hybridized carbons (Fsp3) is 0.125. The highest BCUT2D eigenvalue weighted by molar-refractivity contribution is 5.98. The summed E-state index contributed by atoms with van der Waals surface area (Å²) in [6, 6.07) is 10.1. The van der Waals surface area contributed by atoms with Gasteiger partial charge in [0.05, 0.1) is 0 Å². The van der Waals surface area contributed by atoms with Crippen LogP contribution in [0, 0.1) is 17.5 Å². The zero-order valence-corrected chi connectivity index (χ0v) is 10.3. The fourth-order valence-electron chi connectivity index (χ4n) is 2.32. The molecule has 0 fully saturated rings. The van der Waals surface area contributed by atoms with E-state index in [1.165, 1.54) is 0 Å². The summed E-state index contributed by atoms with van der Waals surface area (Å²) in [6.45, 7) is 2.04. The van der Waals surface area contributed by atoms with Gasteiger partial charge in [0.2, 0.25) is 0 Å². The van der Waals surface area contributed by atoms with Gasteiger partial charge in [-0.1, -0.05) is 25.1 Å². The van der Waals surface area contributed by atoms with Crippen LogP contribution >= 0.6 is 0 Å². The van der Waals surface area contributed by atoms with E-state index in [0.717, 1.165) is 28.8 Å². The van der Waals surface area contributed by atoms with E-state index in [0.29, 0.717) is 5.39 Å². The number of benzene rings is 3. The van der Waals surface area contributed by atoms with Crippen LogP contribution in [-0.4, -0.2) is 0 Å². The third kappa shape index (κ3) is 1.86. The van der Waals surface area contributed by atoms with Crippen LogP contribution in [0.2, 0.25) is 0 Å². The second-order valence-corrected chi connectivity index (χ2v) is 4.59. The minimum atomic E-state index is -1.42. The lowest BCUT2D eigenvalue weighted by atomic mass is 10.0. The first-order valence-electron chi connectivity index (χ1n) is 6.10. The van der Waals surface area contributed by atoms with Crippen LogP contribution in [0.25, 0.3) is 21.5 Å². The van der Waals surface area contributed by atoms with E-state index in [1.807, 2.05) is 25.1 Å². The van der Waals surface area contributed by atoms with Crippen molar-refractivity contribution in [1.29, 1.82) is 0 Å². The van der Waals surface area contributed by atoms with Crippen molar-refractivity contribution in [2.45, 2.75) is 13.3 Å². The van der Waals surface area contributed by atoms with Crippen molar-refractivity contribution in [2.75, 3.05) is 0 Å². The third-order valence-electron chi connectivity index (χ3n) is 3.40. The fourth-order valence-corrected chi connectivity index (χ4v) is 2.32. The smallest absolute Gasteiger partial charge is 0.195 e. The molecule has 3 aromatic rings. The minimum Gasteiger partial charge on any atom is -0.204 e. The van der Waals surface area contributed by atoms with Crippen LogP contribution in [0.3, 0.4) is 0 Å². The van der Waals surface area contributed by atoms with Gasteiger partial charge in [0, 0.05) is 5.39 Å². The molecule has 0 amide bonds. The molecule has 0 aliphatic rings. The lowest BCUT2D eigenvalue weighted by molar-refractivity contribution is 0.453. The zero-order valence-electron chi connectivity index (χ0n) is 10.3. The molecule has 96 valence electrons. The van der Waals surface area contributed by atoms with Crippen molar-refractivity contribution < 1.29 is 13.2 Å². The summed E-state index contributed by atoms with van der Waals surface area (Å²) in [7, 11) is 0. The first-order valence-corrected chi connectivity index (χ1v) is 6.10. The van der Waals surface area contributed by atoms with Gasteiger partial charge in [-0.3, -0.25) is 0 Å². The third-order valence-corrected chi connectivity index (χ3v) is 3.40. The highest BCUT2D eigenvalue weighted by Crippen LogP contribution is 2.28. The summed E-state index contributed by atoms with van der Waals surface area (Å²) in [6.07, 6.45) is 0.889. The van der Waals surface area contributed by atoms with Crippen LogP contribution in [0.1, 0.15) is 12.5 Å². The number of aryl methyl sites for hydroxylation is 1. The maximum absolute atomic E-state index is 13.7. The monoisotopic (exact) mass is 260 g/mol. The van der Waals surface area contributed by atoms with E-state index in [4.69, 9.17) is 0 Å². The number of rotatable bonds is 1. The molecule has 0 N–H and O–H groups in total. The molecule has 0 saturated carbocycles. The average molecular weight is 260 g/mol. The molecule has 0 saturated heterocycles. The Bertz CT molecular complexity index is 791. The summed E-state index contributed by atoms with van der Waals surface area (Å²) in [5.41, 5.74) is 1.15. The van der Waals surface area contributed by atoms with Gasteiger partial charge < -0.3 is 0 Å². The topological polar surface area (TPSA) is 0 Å². The molecule has 3 rings (SSSR count). The summed E-state index contributed by atoms with van der Waals surface area (Å²) in [4.78, 5) is 0. The molecule has 0 radical (unpaired) electrons. The van der Waals surface area contributed by atoms with Gasteiger partial charge in [-0.05, 0) is 46.3 Å². The summed E-state index contributed by atoms with van der Waals surface area (Å²) in [5, 5.41) is 2.19. The predicted octanol–water partition coefficient (Wildman–Crippen LogP) is 4.97. The van der Waals surface area contributed by atoms with E-state index in [-0.39, 0.29) is 5.39 Å². The van der Waals surface area contributed by atoms with Crippen LogP contribution in [0.5, 0.6) is 0 Å². The second-order valence-electron chi connectivity index (χ2n) is 4.59. The molecular formula is C16H11F3. The Hall–Kier alpha value is -2.03. The number of fused-ring (bicyclic) bond motifs is 2. The molecule has 0 aliphatic heterocycles. The van der Waals surface area contributed by atoms with E-state index in [1.54, 1.807) is 12.1 Å². The first-order chi connectivity index (χ1) is 9.10. The van der Waals surface area contributed by atoms with Gasteiger partial charge >= 0.3 is 0 Å². The van der Waals surface area contributed by atoms with Crippen molar-refractivity contribution in [3.63, 3.8) is 0 Å². The molecule has 3 heteroatoms. The van der Waals surface area contributed by atoms with Crippen molar-refractivity contribution in [2.24, 2.45) is 0 Å². The Morgan fingerprint density at radius 2 is 1.58 bits per heavy atom. The van der Waals surface area contributed by atoms with Crippen molar-refractivity contribution >= 4 is 21.5 Å². The van der Waals surface area contributed by atoms with Gasteiger partial charge in [0.25, 0.3) is 0 Å². The van der Waals surface area contributed by atoms with Gasteiger partial charge in [0.1, 0.15) is 0 Å². The molecule has 0 aromatic heterocycles. The van der Waals surface area contributed by atoms with Crippen LogP contribution in [-0.2, 0) is 6.42 Å².